The van der Waals surface area contributed by atoms with E-state index < -0.39 is 0 Å². The van der Waals surface area contributed by atoms with Crippen molar-refractivity contribution in [2.75, 3.05) is 13.6 Å². The second-order valence-electron chi connectivity index (χ2n) is 3.08. The number of halogens is 2. The summed E-state index contributed by atoms with van der Waals surface area (Å²) in [5.74, 6) is 0.812. The largest absolute Gasteiger partial charge is 0.357 e. The predicted octanol–water partition coefficient (Wildman–Crippen LogP) is 2.64. The average Bonchev–Trinajstić information content (AvgIpc) is 2.26. The number of nitrogens with one attached hydrogen (secondary N) is 2. The lowest BCUT2D eigenvalue weighted by molar-refractivity contribution is 0.830. The highest BCUT2D eigenvalue weighted by Gasteiger charge is 1.96. The van der Waals surface area contributed by atoms with Crippen molar-refractivity contribution in [2.45, 2.75) is 13.5 Å². The van der Waals surface area contributed by atoms with E-state index in [2.05, 4.69) is 15.6 Å². The van der Waals surface area contributed by atoms with Gasteiger partial charge in [0.2, 0.25) is 0 Å². The van der Waals surface area contributed by atoms with Gasteiger partial charge < -0.3 is 10.6 Å². The van der Waals surface area contributed by atoms with Gasteiger partial charge in [-0.25, -0.2) is 0 Å². The minimum absolute atomic E-state index is 0. The molecule has 0 fully saturated rings. The fraction of sp³-hybridized carbons (Fsp3) is 0.364. The maximum atomic E-state index is 5.79. The second kappa shape index (κ2) is 8.64. The Morgan fingerprint density at radius 3 is 2.38 bits per heavy atom. The molecule has 1 aromatic rings. The first-order valence-corrected chi connectivity index (χ1v) is 5.33. The molecule has 0 atom stereocenters. The smallest absolute Gasteiger partial charge is 0.191 e. The number of rotatable bonds is 3. The summed E-state index contributed by atoms with van der Waals surface area (Å²) in [7, 11) is 1.76. The highest BCUT2D eigenvalue weighted by molar-refractivity contribution is 14.0. The van der Waals surface area contributed by atoms with Gasteiger partial charge in [0.25, 0.3) is 0 Å². The standard InChI is InChI=1S/C11H16ClN3.HI/c1-3-14-11(13-2)15-8-9-4-6-10(12)7-5-9;/h4-7H,3,8H2,1-2H3,(H2,13,14,15);1H. The molecule has 0 amide bonds. The number of hydrogen-bond acceptors (Lipinski definition) is 1. The Balaban J connectivity index is 0.00000225. The predicted molar refractivity (Wildman–Crippen MR) is 80.7 cm³/mol. The van der Waals surface area contributed by atoms with Crippen LogP contribution in [-0.2, 0) is 6.54 Å². The van der Waals surface area contributed by atoms with Crippen molar-refractivity contribution in [3.63, 3.8) is 0 Å². The maximum absolute atomic E-state index is 5.79. The highest BCUT2D eigenvalue weighted by atomic mass is 127. The molecule has 0 unspecified atom stereocenters. The summed E-state index contributed by atoms with van der Waals surface area (Å²) in [6.45, 7) is 3.65. The molecule has 0 aliphatic rings. The van der Waals surface area contributed by atoms with E-state index in [0.29, 0.717) is 0 Å². The third-order valence-corrected chi connectivity index (χ3v) is 2.19. The number of hydrogen-bond donors (Lipinski definition) is 2. The summed E-state index contributed by atoms with van der Waals surface area (Å²) in [5.41, 5.74) is 1.18. The third-order valence-electron chi connectivity index (χ3n) is 1.94. The molecule has 0 bridgehead atoms. The van der Waals surface area contributed by atoms with E-state index in [0.717, 1.165) is 24.1 Å². The van der Waals surface area contributed by atoms with Crippen molar-refractivity contribution >= 4 is 41.5 Å². The van der Waals surface area contributed by atoms with Crippen LogP contribution in [0, 0.1) is 0 Å². The summed E-state index contributed by atoms with van der Waals surface area (Å²) in [5, 5.41) is 7.09. The summed E-state index contributed by atoms with van der Waals surface area (Å²) >= 11 is 5.79. The first kappa shape index (κ1) is 15.5. The zero-order valence-electron chi connectivity index (χ0n) is 9.46. The Labute approximate surface area is 119 Å². The van der Waals surface area contributed by atoms with Crippen molar-refractivity contribution in [3.8, 4) is 0 Å². The van der Waals surface area contributed by atoms with Crippen LogP contribution in [0.1, 0.15) is 12.5 Å². The van der Waals surface area contributed by atoms with Crippen molar-refractivity contribution in [1.29, 1.82) is 0 Å². The molecule has 0 radical (unpaired) electrons. The number of benzene rings is 1. The molecule has 0 saturated carbocycles. The quantitative estimate of drug-likeness (QED) is 0.498. The molecule has 0 spiro atoms. The number of aliphatic imine (C=N–C) groups is 1. The lowest BCUT2D eigenvalue weighted by Crippen LogP contribution is -2.36. The van der Waals surface area contributed by atoms with Gasteiger partial charge in [-0.15, -0.1) is 24.0 Å². The van der Waals surface area contributed by atoms with Gasteiger partial charge in [-0.2, -0.15) is 0 Å². The number of guanidine groups is 1. The van der Waals surface area contributed by atoms with E-state index in [1.165, 1.54) is 5.56 Å². The molecule has 90 valence electrons. The Morgan fingerprint density at radius 2 is 1.88 bits per heavy atom. The summed E-state index contributed by atoms with van der Waals surface area (Å²) < 4.78 is 0. The first-order valence-electron chi connectivity index (χ1n) is 4.95. The fourth-order valence-corrected chi connectivity index (χ4v) is 1.30. The summed E-state index contributed by atoms with van der Waals surface area (Å²) in [6.07, 6.45) is 0. The van der Waals surface area contributed by atoms with Gasteiger partial charge in [0.05, 0.1) is 0 Å². The molecule has 1 aromatic carbocycles. The van der Waals surface area contributed by atoms with Gasteiger partial charge in [0.1, 0.15) is 0 Å². The topological polar surface area (TPSA) is 36.4 Å². The van der Waals surface area contributed by atoms with Gasteiger partial charge in [0.15, 0.2) is 5.96 Å². The van der Waals surface area contributed by atoms with E-state index >= 15 is 0 Å². The monoisotopic (exact) mass is 353 g/mol. The zero-order chi connectivity index (χ0) is 11.1. The van der Waals surface area contributed by atoms with Crippen molar-refractivity contribution in [2.24, 2.45) is 4.99 Å². The highest BCUT2D eigenvalue weighted by Crippen LogP contribution is 2.08. The molecule has 3 nitrogen and oxygen atoms in total. The third kappa shape index (κ3) is 5.55. The minimum atomic E-state index is 0. The van der Waals surface area contributed by atoms with Crippen LogP contribution in [0.15, 0.2) is 29.3 Å². The van der Waals surface area contributed by atoms with Crippen LogP contribution in [0.2, 0.25) is 5.02 Å². The van der Waals surface area contributed by atoms with Gasteiger partial charge in [-0.1, -0.05) is 23.7 Å². The minimum Gasteiger partial charge on any atom is -0.357 e. The fourth-order valence-electron chi connectivity index (χ4n) is 1.18. The Bertz CT molecular complexity index is 325. The van der Waals surface area contributed by atoms with E-state index in [4.69, 9.17) is 11.6 Å². The maximum Gasteiger partial charge on any atom is 0.191 e. The molecule has 0 aliphatic heterocycles. The van der Waals surface area contributed by atoms with Gasteiger partial charge >= 0.3 is 0 Å². The van der Waals surface area contributed by atoms with Crippen LogP contribution in [0.3, 0.4) is 0 Å². The van der Waals surface area contributed by atoms with Crippen LogP contribution in [0.25, 0.3) is 0 Å². The van der Waals surface area contributed by atoms with E-state index in [1.807, 2.05) is 31.2 Å². The normalized spacial score (nSPS) is 10.6. The second-order valence-corrected chi connectivity index (χ2v) is 3.52. The van der Waals surface area contributed by atoms with Crippen LogP contribution in [0.5, 0.6) is 0 Å². The molecule has 0 aliphatic carbocycles. The molecule has 1 rings (SSSR count). The molecule has 0 aromatic heterocycles. The molecular formula is C11H17ClIN3. The molecule has 0 heterocycles. The van der Waals surface area contributed by atoms with E-state index in [9.17, 15) is 0 Å². The van der Waals surface area contributed by atoms with Gasteiger partial charge in [-0.05, 0) is 24.6 Å². The van der Waals surface area contributed by atoms with Crippen LogP contribution in [0.4, 0.5) is 0 Å². The Kier molecular flexibility index (Phi) is 8.37. The van der Waals surface area contributed by atoms with Crippen molar-refractivity contribution in [3.05, 3.63) is 34.9 Å². The summed E-state index contributed by atoms with van der Waals surface area (Å²) in [6, 6.07) is 7.76. The number of nitrogens with zero attached hydrogens (tertiary/aromatic N) is 1. The van der Waals surface area contributed by atoms with Crippen LogP contribution >= 0.6 is 35.6 Å². The molecule has 5 heteroatoms. The van der Waals surface area contributed by atoms with Gasteiger partial charge in [-0.3, -0.25) is 4.99 Å². The van der Waals surface area contributed by atoms with Crippen LogP contribution < -0.4 is 10.6 Å². The first-order chi connectivity index (χ1) is 7.26. The molecule has 0 saturated heterocycles. The molecular weight excluding hydrogens is 336 g/mol. The average molecular weight is 354 g/mol. The molecule has 2 N–H and O–H groups in total. The van der Waals surface area contributed by atoms with E-state index in [1.54, 1.807) is 7.05 Å². The SMILES string of the molecule is CCNC(=NC)NCc1ccc(Cl)cc1.I. The zero-order valence-corrected chi connectivity index (χ0v) is 12.5. The van der Waals surface area contributed by atoms with E-state index in [-0.39, 0.29) is 24.0 Å². The van der Waals surface area contributed by atoms with Crippen molar-refractivity contribution < 1.29 is 0 Å². The summed E-state index contributed by atoms with van der Waals surface area (Å²) in [4.78, 5) is 4.08. The lowest BCUT2D eigenvalue weighted by atomic mass is 10.2. The lowest BCUT2D eigenvalue weighted by Gasteiger charge is -2.09. The molecule has 16 heavy (non-hydrogen) atoms. The van der Waals surface area contributed by atoms with Gasteiger partial charge in [0, 0.05) is 25.2 Å². The van der Waals surface area contributed by atoms with Crippen molar-refractivity contribution in [1.82, 2.24) is 10.6 Å². The van der Waals surface area contributed by atoms with Crippen LogP contribution in [-0.4, -0.2) is 19.6 Å². The Morgan fingerprint density at radius 1 is 1.25 bits per heavy atom. The Hall–Kier alpha value is -0.490.